The fourth-order valence-corrected chi connectivity index (χ4v) is 3.81. The van der Waals surface area contributed by atoms with Gasteiger partial charge in [-0.15, -0.1) is 24.0 Å². The molecule has 3 rings (SSSR count). The first-order valence-corrected chi connectivity index (χ1v) is 10.5. The molecule has 0 atom stereocenters. The molecule has 2 aromatic rings. The molecule has 0 spiro atoms. The lowest BCUT2D eigenvalue weighted by atomic mass is 10.2. The third-order valence-electron chi connectivity index (χ3n) is 5.67. The highest BCUT2D eigenvalue weighted by Crippen LogP contribution is 2.19. The molecule has 0 saturated carbocycles. The maximum atomic E-state index is 14.0. The number of rotatable bonds is 6. The van der Waals surface area contributed by atoms with Gasteiger partial charge in [0.25, 0.3) is 0 Å². The molecule has 1 aliphatic heterocycles. The zero-order valence-corrected chi connectivity index (χ0v) is 21.4. The third kappa shape index (κ3) is 6.31. The number of aliphatic imine (C=N–C) groups is 1. The van der Waals surface area contributed by atoms with Crippen molar-refractivity contribution in [2.75, 3.05) is 39.8 Å². The van der Waals surface area contributed by atoms with Crippen molar-refractivity contribution in [1.82, 2.24) is 24.9 Å². The fourth-order valence-electron chi connectivity index (χ4n) is 3.81. The van der Waals surface area contributed by atoms with E-state index >= 15 is 0 Å². The first-order chi connectivity index (χ1) is 14.4. The Morgan fingerprint density at radius 3 is 2.48 bits per heavy atom. The second kappa shape index (κ2) is 11.7. The molecule has 0 aliphatic carbocycles. The Morgan fingerprint density at radius 1 is 1.23 bits per heavy atom. The lowest BCUT2D eigenvalue weighted by Crippen LogP contribution is -2.52. The van der Waals surface area contributed by atoms with Crippen LogP contribution in [0.25, 0.3) is 0 Å². The SMILES string of the molecule is CCNC(=NCc1c(C)nn(C)c1C)N1CCN(Cc2ccc(OC)c(F)c2)CC1.I. The molecule has 7 nitrogen and oxygen atoms in total. The number of ether oxygens (including phenoxy) is 1. The Bertz CT molecular complexity index is 892. The Hall–Kier alpha value is -1.88. The zero-order valence-electron chi connectivity index (χ0n) is 19.1. The summed E-state index contributed by atoms with van der Waals surface area (Å²) in [5, 5.41) is 7.91. The maximum absolute atomic E-state index is 14.0. The van der Waals surface area contributed by atoms with Gasteiger partial charge in [0.15, 0.2) is 17.5 Å². The number of aromatic nitrogens is 2. The van der Waals surface area contributed by atoms with Gasteiger partial charge in [-0.2, -0.15) is 5.10 Å². The van der Waals surface area contributed by atoms with Gasteiger partial charge < -0.3 is 15.0 Å². The first-order valence-electron chi connectivity index (χ1n) is 10.5. The van der Waals surface area contributed by atoms with Crippen molar-refractivity contribution in [3.8, 4) is 5.75 Å². The van der Waals surface area contributed by atoms with Gasteiger partial charge in [0, 0.05) is 57.6 Å². The normalized spacial score (nSPS) is 15.0. The van der Waals surface area contributed by atoms with Gasteiger partial charge >= 0.3 is 0 Å². The van der Waals surface area contributed by atoms with E-state index in [0.29, 0.717) is 6.54 Å². The summed E-state index contributed by atoms with van der Waals surface area (Å²) >= 11 is 0. The number of halogens is 2. The van der Waals surface area contributed by atoms with E-state index in [4.69, 9.17) is 9.73 Å². The molecule has 172 valence electrons. The number of benzene rings is 1. The van der Waals surface area contributed by atoms with Crippen LogP contribution in [-0.2, 0) is 20.1 Å². The largest absolute Gasteiger partial charge is 0.494 e. The van der Waals surface area contributed by atoms with Gasteiger partial charge in [-0.25, -0.2) is 9.38 Å². The predicted molar refractivity (Wildman–Crippen MR) is 133 cm³/mol. The predicted octanol–water partition coefficient (Wildman–Crippen LogP) is 3.09. The molecular weight excluding hydrogens is 510 g/mol. The molecule has 0 radical (unpaired) electrons. The van der Waals surface area contributed by atoms with Crippen molar-refractivity contribution in [3.05, 3.63) is 46.5 Å². The van der Waals surface area contributed by atoms with Crippen LogP contribution in [0.2, 0.25) is 0 Å². The van der Waals surface area contributed by atoms with Gasteiger partial charge in [-0.1, -0.05) is 6.07 Å². The Kier molecular flexibility index (Phi) is 9.54. The van der Waals surface area contributed by atoms with Crippen LogP contribution in [0.1, 0.15) is 29.4 Å². The summed E-state index contributed by atoms with van der Waals surface area (Å²) in [4.78, 5) is 9.52. The van der Waals surface area contributed by atoms with E-state index in [9.17, 15) is 4.39 Å². The first kappa shape index (κ1) is 25.4. The molecule has 1 aromatic heterocycles. The van der Waals surface area contributed by atoms with Crippen LogP contribution < -0.4 is 10.1 Å². The molecule has 1 aromatic carbocycles. The third-order valence-corrected chi connectivity index (χ3v) is 5.67. The average molecular weight is 544 g/mol. The van der Waals surface area contributed by atoms with Gasteiger partial charge in [0.1, 0.15) is 0 Å². The second-order valence-electron chi connectivity index (χ2n) is 7.68. The van der Waals surface area contributed by atoms with Gasteiger partial charge in [0.05, 0.1) is 19.3 Å². The molecule has 1 N–H and O–H groups in total. The molecule has 1 aliphatic rings. The molecule has 1 fully saturated rings. The van der Waals surface area contributed by atoms with Crippen molar-refractivity contribution < 1.29 is 9.13 Å². The summed E-state index contributed by atoms with van der Waals surface area (Å²) in [6.45, 7) is 12.0. The molecule has 0 bridgehead atoms. The monoisotopic (exact) mass is 544 g/mol. The van der Waals surface area contributed by atoms with Crippen LogP contribution in [0.5, 0.6) is 5.75 Å². The minimum atomic E-state index is -0.309. The minimum absolute atomic E-state index is 0. The van der Waals surface area contributed by atoms with Gasteiger partial charge in [0.2, 0.25) is 0 Å². The number of nitrogens with one attached hydrogen (secondary N) is 1. The van der Waals surface area contributed by atoms with Crippen LogP contribution in [-0.4, -0.2) is 65.4 Å². The van der Waals surface area contributed by atoms with Crippen LogP contribution in [0.15, 0.2) is 23.2 Å². The number of nitrogens with zero attached hydrogens (tertiary/aromatic N) is 5. The summed E-state index contributed by atoms with van der Waals surface area (Å²) < 4.78 is 20.9. The van der Waals surface area contributed by atoms with E-state index < -0.39 is 0 Å². The highest BCUT2D eigenvalue weighted by molar-refractivity contribution is 14.0. The van der Waals surface area contributed by atoms with Crippen LogP contribution in [0.3, 0.4) is 0 Å². The molecule has 31 heavy (non-hydrogen) atoms. The number of guanidine groups is 1. The van der Waals surface area contributed by atoms with Crippen LogP contribution in [0.4, 0.5) is 4.39 Å². The standard InChI is InChI=1S/C22H33FN6O.HI/c1-6-24-22(25-14-19-16(2)26-27(4)17(19)3)29-11-9-28(10-12-29)15-18-7-8-21(30-5)20(23)13-18;/h7-8,13H,6,9-12,14-15H2,1-5H3,(H,24,25);1H. The van der Waals surface area contributed by atoms with Gasteiger partial charge in [-0.3, -0.25) is 9.58 Å². The zero-order chi connectivity index (χ0) is 21.7. The van der Waals surface area contributed by atoms with E-state index in [2.05, 4.69) is 34.1 Å². The molecule has 9 heteroatoms. The fraction of sp³-hybridized carbons (Fsp3) is 0.545. The smallest absolute Gasteiger partial charge is 0.194 e. The number of piperazine rings is 1. The lowest BCUT2D eigenvalue weighted by Gasteiger charge is -2.36. The van der Waals surface area contributed by atoms with Crippen molar-refractivity contribution in [3.63, 3.8) is 0 Å². The molecule has 1 saturated heterocycles. The van der Waals surface area contributed by atoms with E-state index in [0.717, 1.165) is 62.2 Å². The van der Waals surface area contributed by atoms with Crippen molar-refractivity contribution in [2.45, 2.75) is 33.9 Å². The number of aryl methyl sites for hydroxylation is 2. The maximum Gasteiger partial charge on any atom is 0.194 e. The molecular formula is C22H34FIN6O. The summed E-state index contributed by atoms with van der Waals surface area (Å²) in [7, 11) is 3.45. The summed E-state index contributed by atoms with van der Waals surface area (Å²) in [6.07, 6.45) is 0. The van der Waals surface area contributed by atoms with E-state index in [1.165, 1.54) is 12.7 Å². The molecule has 2 heterocycles. The summed E-state index contributed by atoms with van der Waals surface area (Å²) in [6, 6.07) is 5.19. The van der Waals surface area contributed by atoms with E-state index in [1.54, 1.807) is 12.1 Å². The number of hydrogen-bond donors (Lipinski definition) is 1. The van der Waals surface area contributed by atoms with Gasteiger partial charge in [-0.05, 0) is 38.5 Å². The number of hydrogen-bond acceptors (Lipinski definition) is 4. The summed E-state index contributed by atoms with van der Waals surface area (Å²) in [5.74, 6) is 0.917. The topological polar surface area (TPSA) is 57.9 Å². The quantitative estimate of drug-likeness (QED) is 0.344. The highest BCUT2D eigenvalue weighted by Gasteiger charge is 2.20. The van der Waals surface area contributed by atoms with Crippen LogP contribution >= 0.6 is 24.0 Å². The second-order valence-corrected chi connectivity index (χ2v) is 7.68. The highest BCUT2D eigenvalue weighted by atomic mass is 127. The van der Waals surface area contributed by atoms with E-state index in [-0.39, 0.29) is 35.5 Å². The van der Waals surface area contributed by atoms with Crippen molar-refractivity contribution in [1.29, 1.82) is 0 Å². The average Bonchev–Trinajstić information content (AvgIpc) is 2.97. The van der Waals surface area contributed by atoms with Crippen LogP contribution in [0, 0.1) is 19.7 Å². The number of methoxy groups -OCH3 is 1. The Labute approximate surface area is 201 Å². The lowest BCUT2D eigenvalue weighted by molar-refractivity contribution is 0.172. The molecule has 0 amide bonds. The Balaban J connectivity index is 0.00000341. The molecule has 0 unspecified atom stereocenters. The minimum Gasteiger partial charge on any atom is -0.494 e. The Morgan fingerprint density at radius 2 is 1.94 bits per heavy atom. The van der Waals surface area contributed by atoms with E-state index in [1.807, 2.05) is 24.7 Å². The van der Waals surface area contributed by atoms with Crippen molar-refractivity contribution in [2.24, 2.45) is 12.0 Å². The summed E-state index contributed by atoms with van der Waals surface area (Å²) in [5.41, 5.74) is 4.34. The van der Waals surface area contributed by atoms with Crippen molar-refractivity contribution >= 4 is 29.9 Å².